The first-order valence-corrected chi connectivity index (χ1v) is 8.77. The molecule has 1 heterocycles. The van der Waals surface area contributed by atoms with E-state index in [1.807, 2.05) is 30.3 Å². The highest BCUT2D eigenvalue weighted by molar-refractivity contribution is 7.89. The molecule has 1 aromatic rings. The summed E-state index contributed by atoms with van der Waals surface area (Å²) in [6, 6.07) is 8.83. The first-order chi connectivity index (χ1) is 10.0. The van der Waals surface area contributed by atoms with E-state index >= 15 is 0 Å². The molecular formula is C15H21NO4S. The van der Waals surface area contributed by atoms with Gasteiger partial charge in [-0.2, -0.15) is 4.31 Å². The highest BCUT2D eigenvalue weighted by atomic mass is 32.2. The number of sulfonamides is 1. The summed E-state index contributed by atoms with van der Waals surface area (Å²) >= 11 is 0. The fraction of sp³-hybridized carbons (Fsp3) is 0.533. The second-order valence-electron chi connectivity index (χ2n) is 5.20. The van der Waals surface area contributed by atoms with Crippen LogP contribution in [0, 0.1) is 0 Å². The molecule has 0 amide bonds. The lowest BCUT2D eigenvalue weighted by Gasteiger charge is -2.32. The number of benzene rings is 1. The monoisotopic (exact) mass is 311 g/mol. The fourth-order valence-corrected chi connectivity index (χ4v) is 4.33. The van der Waals surface area contributed by atoms with E-state index in [0.717, 1.165) is 18.4 Å². The fourth-order valence-electron chi connectivity index (χ4n) is 2.62. The zero-order chi connectivity index (χ0) is 15.3. The first kappa shape index (κ1) is 16.0. The van der Waals surface area contributed by atoms with Gasteiger partial charge in [0.1, 0.15) is 6.04 Å². The minimum atomic E-state index is -3.45. The Bertz CT molecular complexity index is 571. The number of methoxy groups -OCH3 is 1. The third-order valence-corrected chi connectivity index (χ3v) is 5.65. The summed E-state index contributed by atoms with van der Waals surface area (Å²) in [5.41, 5.74) is 0.979. The molecule has 0 aliphatic carbocycles. The molecule has 0 N–H and O–H groups in total. The van der Waals surface area contributed by atoms with E-state index in [4.69, 9.17) is 4.74 Å². The van der Waals surface area contributed by atoms with Crippen LogP contribution in [0.25, 0.3) is 0 Å². The van der Waals surface area contributed by atoms with Crippen LogP contribution >= 0.6 is 0 Å². The predicted octanol–water partition coefficient (Wildman–Crippen LogP) is 1.59. The highest BCUT2D eigenvalue weighted by Gasteiger charge is 2.36. The van der Waals surface area contributed by atoms with Crippen molar-refractivity contribution in [3.05, 3.63) is 35.9 Å². The number of carbonyl (C=O) groups excluding carboxylic acids is 1. The summed E-state index contributed by atoms with van der Waals surface area (Å²) in [6.45, 7) is 0.400. The molecule has 0 aromatic heterocycles. The molecule has 5 nitrogen and oxygen atoms in total. The Morgan fingerprint density at radius 1 is 1.29 bits per heavy atom. The Morgan fingerprint density at radius 2 is 2.00 bits per heavy atom. The van der Waals surface area contributed by atoms with Gasteiger partial charge in [-0.05, 0) is 31.2 Å². The zero-order valence-corrected chi connectivity index (χ0v) is 13.0. The number of hydrogen-bond acceptors (Lipinski definition) is 4. The number of nitrogens with zero attached hydrogens (tertiary/aromatic N) is 1. The van der Waals surface area contributed by atoms with E-state index in [2.05, 4.69) is 0 Å². The third-order valence-electron chi connectivity index (χ3n) is 3.78. The van der Waals surface area contributed by atoms with Crippen LogP contribution in [0.3, 0.4) is 0 Å². The maximum absolute atomic E-state index is 12.5. The largest absolute Gasteiger partial charge is 0.468 e. The molecular weight excluding hydrogens is 290 g/mol. The summed E-state index contributed by atoms with van der Waals surface area (Å²) in [6.07, 6.45) is 2.63. The second-order valence-corrected chi connectivity index (χ2v) is 7.24. The number of carbonyl (C=O) groups is 1. The first-order valence-electron chi connectivity index (χ1n) is 7.16. The average Bonchev–Trinajstić information content (AvgIpc) is 2.53. The highest BCUT2D eigenvalue weighted by Crippen LogP contribution is 2.22. The molecule has 0 bridgehead atoms. The molecule has 1 aromatic carbocycles. The van der Waals surface area contributed by atoms with E-state index < -0.39 is 22.0 Å². The van der Waals surface area contributed by atoms with Gasteiger partial charge in [0.2, 0.25) is 10.0 Å². The van der Waals surface area contributed by atoms with Crippen LogP contribution in [0.4, 0.5) is 0 Å². The number of piperidine rings is 1. The summed E-state index contributed by atoms with van der Waals surface area (Å²) in [5, 5.41) is 0. The molecule has 116 valence electrons. The van der Waals surface area contributed by atoms with Gasteiger partial charge in [-0.15, -0.1) is 0 Å². The van der Waals surface area contributed by atoms with Crippen LogP contribution in [0.2, 0.25) is 0 Å². The van der Waals surface area contributed by atoms with E-state index in [1.54, 1.807) is 0 Å². The summed E-state index contributed by atoms with van der Waals surface area (Å²) in [4.78, 5) is 11.8. The van der Waals surface area contributed by atoms with Crippen LogP contribution in [0.1, 0.15) is 24.8 Å². The van der Waals surface area contributed by atoms with Crippen molar-refractivity contribution >= 4 is 16.0 Å². The van der Waals surface area contributed by atoms with Gasteiger partial charge in [-0.25, -0.2) is 8.42 Å². The molecule has 1 atom stereocenters. The smallest absolute Gasteiger partial charge is 0.324 e. The van der Waals surface area contributed by atoms with Crippen LogP contribution in [-0.2, 0) is 26.0 Å². The van der Waals surface area contributed by atoms with Crippen molar-refractivity contribution in [2.45, 2.75) is 31.7 Å². The van der Waals surface area contributed by atoms with Crippen LogP contribution < -0.4 is 0 Å². The Hall–Kier alpha value is -1.40. The van der Waals surface area contributed by atoms with Gasteiger partial charge in [0.15, 0.2) is 0 Å². The quantitative estimate of drug-likeness (QED) is 0.775. The molecule has 0 saturated carbocycles. The van der Waals surface area contributed by atoms with Crippen LogP contribution in [0.15, 0.2) is 30.3 Å². The molecule has 1 saturated heterocycles. The standard InChI is InChI=1S/C15H21NO4S/c1-20-15(17)14-9-5-6-11-16(14)21(18,19)12-10-13-7-3-2-4-8-13/h2-4,7-8,14H,5-6,9-12H2,1H3/t14-/m1/s1. The lowest BCUT2D eigenvalue weighted by molar-refractivity contribution is -0.146. The number of ether oxygens (including phenoxy) is 1. The second kappa shape index (κ2) is 7.04. The molecule has 0 radical (unpaired) electrons. The van der Waals surface area contributed by atoms with Crippen molar-refractivity contribution in [3.8, 4) is 0 Å². The van der Waals surface area contributed by atoms with E-state index in [9.17, 15) is 13.2 Å². The van der Waals surface area contributed by atoms with Crippen molar-refractivity contribution in [1.82, 2.24) is 4.31 Å². The number of rotatable bonds is 5. The van der Waals surface area contributed by atoms with Crippen LogP contribution in [-0.4, -0.2) is 44.1 Å². The van der Waals surface area contributed by atoms with Gasteiger partial charge in [0.25, 0.3) is 0 Å². The zero-order valence-electron chi connectivity index (χ0n) is 12.2. The molecule has 1 aliphatic rings. The number of aryl methyl sites for hydroxylation is 1. The average molecular weight is 311 g/mol. The topological polar surface area (TPSA) is 63.7 Å². The van der Waals surface area contributed by atoms with Gasteiger partial charge in [-0.1, -0.05) is 30.3 Å². The molecule has 0 spiro atoms. The molecule has 6 heteroatoms. The minimum Gasteiger partial charge on any atom is -0.468 e. The van der Waals surface area contributed by atoms with E-state index in [1.165, 1.54) is 11.4 Å². The maximum atomic E-state index is 12.5. The lowest BCUT2D eigenvalue weighted by atomic mass is 10.1. The molecule has 0 unspecified atom stereocenters. The number of esters is 1. The Kier molecular flexibility index (Phi) is 5.36. The third kappa shape index (κ3) is 4.04. The van der Waals surface area contributed by atoms with Crippen molar-refractivity contribution in [1.29, 1.82) is 0 Å². The molecule has 1 fully saturated rings. The molecule has 21 heavy (non-hydrogen) atoms. The van der Waals surface area contributed by atoms with Gasteiger partial charge >= 0.3 is 5.97 Å². The lowest BCUT2D eigenvalue weighted by Crippen LogP contribution is -2.49. The van der Waals surface area contributed by atoms with Crippen molar-refractivity contribution < 1.29 is 17.9 Å². The normalized spacial score (nSPS) is 20.1. The van der Waals surface area contributed by atoms with Gasteiger partial charge in [-0.3, -0.25) is 4.79 Å². The van der Waals surface area contributed by atoms with Crippen LogP contribution in [0.5, 0.6) is 0 Å². The molecule has 1 aliphatic heterocycles. The van der Waals surface area contributed by atoms with E-state index in [-0.39, 0.29) is 5.75 Å². The van der Waals surface area contributed by atoms with Crippen molar-refractivity contribution in [3.63, 3.8) is 0 Å². The Labute approximate surface area is 126 Å². The van der Waals surface area contributed by atoms with Gasteiger partial charge < -0.3 is 4.74 Å². The predicted molar refractivity (Wildman–Crippen MR) is 80.3 cm³/mol. The Balaban J connectivity index is 2.07. The van der Waals surface area contributed by atoms with Gasteiger partial charge in [0, 0.05) is 6.54 Å². The van der Waals surface area contributed by atoms with E-state index in [0.29, 0.717) is 19.4 Å². The van der Waals surface area contributed by atoms with Crippen molar-refractivity contribution in [2.24, 2.45) is 0 Å². The molecule has 2 rings (SSSR count). The SMILES string of the molecule is COC(=O)[C@H]1CCCCN1S(=O)(=O)CCc1ccccc1. The summed E-state index contributed by atoms with van der Waals surface area (Å²) in [7, 11) is -2.16. The van der Waals surface area contributed by atoms with Crippen molar-refractivity contribution in [2.75, 3.05) is 19.4 Å². The summed E-state index contributed by atoms with van der Waals surface area (Å²) in [5.74, 6) is -0.442. The summed E-state index contributed by atoms with van der Waals surface area (Å²) < 4.78 is 31.1. The number of hydrogen-bond donors (Lipinski definition) is 0. The minimum absolute atomic E-state index is 0.0184. The maximum Gasteiger partial charge on any atom is 0.324 e. The van der Waals surface area contributed by atoms with Gasteiger partial charge in [0.05, 0.1) is 12.9 Å². The Morgan fingerprint density at radius 3 is 2.67 bits per heavy atom.